The first-order valence-corrected chi connectivity index (χ1v) is 4.41. The summed E-state index contributed by atoms with van der Waals surface area (Å²) in [5.74, 6) is -0.556. The molecule has 1 aromatic rings. The summed E-state index contributed by atoms with van der Waals surface area (Å²) >= 11 is -2.56. The van der Waals surface area contributed by atoms with E-state index in [0.717, 1.165) is 24.3 Å². The molecule has 0 spiro atoms. The van der Waals surface area contributed by atoms with E-state index in [2.05, 4.69) is 4.74 Å². The van der Waals surface area contributed by atoms with Crippen molar-refractivity contribution in [3.63, 3.8) is 0 Å². The molecule has 0 N–H and O–H groups in total. The van der Waals surface area contributed by atoms with Crippen LogP contribution in [0.2, 0.25) is 0 Å². The van der Waals surface area contributed by atoms with Crippen LogP contribution in [0.1, 0.15) is 0 Å². The van der Waals surface area contributed by atoms with Crippen LogP contribution < -0.4 is 34.3 Å². The maximum absolute atomic E-state index is 11.7. The smallest absolute Gasteiger partial charge is 0.768 e. The van der Waals surface area contributed by atoms with E-state index in [0.29, 0.717) is 0 Å². The molecule has 0 saturated heterocycles. The van der Waals surface area contributed by atoms with Crippen molar-refractivity contribution in [2.45, 2.75) is 11.3 Å². The van der Waals surface area contributed by atoms with Gasteiger partial charge in [-0.15, -0.1) is 13.2 Å². The Kier molecular flexibility index (Phi) is 5.82. The summed E-state index contributed by atoms with van der Waals surface area (Å²) in [5, 5.41) is 0. The van der Waals surface area contributed by atoms with Gasteiger partial charge in [0.05, 0.1) is 0 Å². The zero-order valence-electron chi connectivity index (χ0n) is 7.58. The fourth-order valence-electron chi connectivity index (χ4n) is 0.775. The van der Waals surface area contributed by atoms with Crippen LogP contribution in [0.5, 0.6) is 5.75 Å². The van der Waals surface area contributed by atoms with E-state index in [1.807, 2.05) is 0 Å². The minimum atomic E-state index is -4.82. The van der Waals surface area contributed by atoms with Crippen molar-refractivity contribution >= 4 is 11.1 Å². The molecule has 15 heavy (non-hydrogen) atoms. The minimum absolute atomic E-state index is 0. The van der Waals surface area contributed by atoms with Gasteiger partial charge in [-0.05, 0) is 29.3 Å². The molecule has 0 aromatic heterocycles. The van der Waals surface area contributed by atoms with Gasteiger partial charge in [0.15, 0.2) is 0 Å². The largest absolute Gasteiger partial charge is 1.00 e. The summed E-state index contributed by atoms with van der Waals surface area (Å²) < 4.78 is 59.4. The third kappa shape index (κ3) is 5.53. The number of benzene rings is 1. The first-order valence-electron chi connectivity index (χ1n) is 3.33. The maximum Gasteiger partial charge on any atom is 1.00 e. The summed E-state index contributed by atoms with van der Waals surface area (Å²) in [5.41, 5.74) is 0. The number of hydrogen-bond acceptors (Lipinski definition) is 3. The molecule has 0 aliphatic carbocycles. The molecule has 0 aliphatic rings. The average Bonchev–Trinajstić information content (AvgIpc) is 2.01. The van der Waals surface area contributed by atoms with E-state index in [-0.39, 0.29) is 34.5 Å². The summed E-state index contributed by atoms with van der Waals surface area (Å²) in [6.07, 6.45) is -4.82. The quantitative estimate of drug-likeness (QED) is 0.489. The second kappa shape index (κ2) is 5.86. The van der Waals surface area contributed by atoms with Crippen LogP contribution in [0.25, 0.3) is 0 Å². The van der Waals surface area contributed by atoms with Crippen LogP contribution in [-0.2, 0) is 11.1 Å². The van der Waals surface area contributed by atoms with E-state index in [1.54, 1.807) is 0 Å². The molecular formula is C7H4F3NaO3S. The standard InChI is InChI=1S/C7H5F3O3S.Na/c8-7(9,10)13-5-2-1-3-6(4-5)14(11)12;/h1-4H,(H,11,12);/q;+1/p-1. The summed E-state index contributed by atoms with van der Waals surface area (Å²) in [7, 11) is 0. The molecular weight excluding hydrogens is 244 g/mol. The van der Waals surface area contributed by atoms with E-state index in [4.69, 9.17) is 0 Å². The molecule has 3 nitrogen and oxygen atoms in total. The Morgan fingerprint density at radius 3 is 2.40 bits per heavy atom. The van der Waals surface area contributed by atoms with Crippen molar-refractivity contribution in [1.82, 2.24) is 0 Å². The first kappa shape index (κ1) is 14.9. The van der Waals surface area contributed by atoms with Gasteiger partial charge in [0.25, 0.3) is 0 Å². The summed E-state index contributed by atoms with van der Waals surface area (Å²) in [6, 6.07) is 4.12. The van der Waals surface area contributed by atoms with Crippen LogP contribution >= 0.6 is 0 Å². The molecule has 1 unspecified atom stereocenters. The Bertz CT molecular complexity index is 356. The number of ether oxygens (including phenoxy) is 1. The summed E-state index contributed by atoms with van der Waals surface area (Å²) in [6.45, 7) is 0. The molecule has 1 rings (SSSR count). The van der Waals surface area contributed by atoms with E-state index >= 15 is 0 Å². The zero-order chi connectivity index (χ0) is 10.8. The van der Waals surface area contributed by atoms with Gasteiger partial charge in [0, 0.05) is 4.90 Å². The van der Waals surface area contributed by atoms with E-state index in [9.17, 15) is 21.9 Å². The van der Waals surface area contributed by atoms with Gasteiger partial charge in [0.1, 0.15) is 5.75 Å². The molecule has 0 radical (unpaired) electrons. The fourth-order valence-corrected chi connectivity index (χ4v) is 1.18. The minimum Gasteiger partial charge on any atom is -0.768 e. The predicted octanol–water partition coefficient (Wildman–Crippen LogP) is -1.17. The number of alkyl halides is 3. The molecule has 0 fully saturated rings. The normalized spacial score (nSPS) is 12.8. The molecule has 0 bridgehead atoms. The Hall–Kier alpha value is -0.0800. The van der Waals surface area contributed by atoms with Gasteiger partial charge < -0.3 is 9.29 Å². The Morgan fingerprint density at radius 2 is 1.93 bits per heavy atom. The Labute approximate surface area is 108 Å². The van der Waals surface area contributed by atoms with Crippen molar-refractivity contribution < 1.29 is 56.2 Å². The first-order chi connectivity index (χ1) is 6.38. The van der Waals surface area contributed by atoms with Crippen molar-refractivity contribution in [2.24, 2.45) is 0 Å². The van der Waals surface area contributed by atoms with Crippen molar-refractivity contribution in [2.75, 3.05) is 0 Å². The second-order valence-corrected chi connectivity index (χ2v) is 3.20. The van der Waals surface area contributed by atoms with Gasteiger partial charge in [-0.2, -0.15) is 0 Å². The maximum atomic E-state index is 11.7. The molecule has 8 heteroatoms. The summed E-state index contributed by atoms with van der Waals surface area (Å²) in [4.78, 5) is -0.258. The van der Waals surface area contributed by atoms with Gasteiger partial charge in [-0.1, -0.05) is 6.07 Å². The molecule has 0 heterocycles. The predicted molar refractivity (Wildman–Crippen MR) is 40.3 cm³/mol. The van der Waals surface area contributed by atoms with Crippen molar-refractivity contribution in [1.29, 1.82) is 0 Å². The van der Waals surface area contributed by atoms with Crippen LogP contribution in [0.3, 0.4) is 0 Å². The third-order valence-corrected chi connectivity index (χ3v) is 1.87. The van der Waals surface area contributed by atoms with Crippen molar-refractivity contribution in [3.8, 4) is 5.75 Å². The SMILES string of the molecule is O=S([O-])c1cccc(OC(F)(F)F)c1.[Na+]. The molecule has 1 atom stereocenters. The Balaban J connectivity index is 0.00000196. The topological polar surface area (TPSA) is 49.4 Å². The molecule has 0 amide bonds. The van der Waals surface area contributed by atoms with Crippen molar-refractivity contribution in [3.05, 3.63) is 24.3 Å². The molecule has 0 saturated carbocycles. The van der Waals surface area contributed by atoms with E-state index in [1.165, 1.54) is 0 Å². The monoisotopic (exact) mass is 248 g/mol. The number of halogens is 3. The van der Waals surface area contributed by atoms with Gasteiger partial charge in [-0.3, -0.25) is 4.21 Å². The molecule has 1 aromatic carbocycles. The molecule has 78 valence electrons. The Morgan fingerprint density at radius 1 is 1.33 bits per heavy atom. The number of rotatable bonds is 2. The van der Waals surface area contributed by atoms with Gasteiger partial charge >= 0.3 is 35.9 Å². The molecule has 0 aliphatic heterocycles. The van der Waals surface area contributed by atoms with E-state index < -0.39 is 23.2 Å². The fraction of sp³-hybridized carbons (Fsp3) is 0.143. The van der Waals surface area contributed by atoms with Gasteiger partial charge in [0.2, 0.25) is 0 Å². The second-order valence-electron chi connectivity index (χ2n) is 2.26. The zero-order valence-corrected chi connectivity index (χ0v) is 10.4. The van der Waals surface area contributed by atoms with Gasteiger partial charge in [-0.25, -0.2) is 0 Å². The number of hydrogen-bond donors (Lipinski definition) is 0. The van der Waals surface area contributed by atoms with Crippen LogP contribution in [-0.4, -0.2) is 15.1 Å². The average molecular weight is 248 g/mol. The third-order valence-electron chi connectivity index (χ3n) is 1.23. The van der Waals surface area contributed by atoms with Crippen LogP contribution in [0.15, 0.2) is 29.2 Å². The van der Waals surface area contributed by atoms with Crippen LogP contribution in [0, 0.1) is 0 Å². The van der Waals surface area contributed by atoms with Crippen LogP contribution in [0.4, 0.5) is 13.2 Å².